The number of methoxy groups -OCH3 is 1. The molecule has 0 spiro atoms. The molecule has 1 atom stereocenters. The van der Waals surface area contributed by atoms with E-state index >= 15 is 0 Å². The van der Waals surface area contributed by atoms with Crippen LogP contribution in [0.2, 0.25) is 0 Å². The van der Waals surface area contributed by atoms with Crippen LogP contribution in [0.15, 0.2) is 60.8 Å². The number of nitrogens with zero attached hydrogens (tertiary/aromatic N) is 2. The predicted octanol–water partition coefficient (Wildman–Crippen LogP) is 5.46. The minimum Gasteiger partial charge on any atom is -0.481 e. The second-order valence-electron chi connectivity index (χ2n) is 10.9. The molecule has 40 heavy (non-hydrogen) atoms. The van der Waals surface area contributed by atoms with E-state index in [1.165, 1.54) is 0 Å². The number of H-pyrrole nitrogens is 1. The SMILES string of the molecule is COc1ccc(-c2ccc(C[C@H](CC(=O)C3CCC(CN)CC3)C(=O)Nc3ccc4cn[nH]c4c3)cc2)c(C)n1. The van der Waals surface area contributed by atoms with Gasteiger partial charge in [-0.3, -0.25) is 14.7 Å². The Labute approximate surface area is 234 Å². The number of nitrogens with two attached hydrogens (primary N) is 1. The molecule has 2 aromatic heterocycles. The minimum atomic E-state index is -0.479. The number of Topliss-reactive ketones (excluding diaryl/α,β-unsaturated/α-hetero) is 1. The second kappa shape index (κ2) is 12.4. The van der Waals surface area contributed by atoms with Gasteiger partial charge in [-0.15, -0.1) is 0 Å². The molecule has 1 saturated carbocycles. The molecule has 0 radical (unpaired) electrons. The summed E-state index contributed by atoms with van der Waals surface area (Å²) in [6.07, 6.45) is 6.12. The fourth-order valence-corrected chi connectivity index (χ4v) is 5.71. The Morgan fingerprint density at radius 3 is 2.55 bits per heavy atom. The molecular formula is C32H37N5O3. The number of ether oxygens (including phenoxy) is 1. The largest absolute Gasteiger partial charge is 0.481 e. The number of ketones is 1. The molecule has 4 aromatic rings. The highest BCUT2D eigenvalue weighted by molar-refractivity contribution is 5.97. The Bertz CT molecular complexity index is 1470. The van der Waals surface area contributed by atoms with Gasteiger partial charge in [0, 0.05) is 46.7 Å². The predicted molar refractivity (Wildman–Crippen MR) is 157 cm³/mol. The van der Waals surface area contributed by atoms with Crippen LogP contribution in [0.5, 0.6) is 5.88 Å². The summed E-state index contributed by atoms with van der Waals surface area (Å²) >= 11 is 0. The third-order valence-corrected chi connectivity index (χ3v) is 8.18. The van der Waals surface area contributed by atoms with E-state index < -0.39 is 5.92 Å². The van der Waals surface area contributed by atoms with Crippen molar-refractivity contribution in [3.8, 4) is 17.0 Å². The Morgan fingerprint density at radius 1 is 1.07 bits per heavy atom. The van der Waals surface area contributed by atoms with E-state index in [1.54, 1.807) is 13.3 Å². The normalized spacial score (nSPS) is 17.9. The van der Waals surface area contributed by atoms with Crippen molar-refractivity contribution >= 4 is 28.3 Å². The maximum absolute atomic E-state index is 13.6. The van der Waals surface area contributed by atoms with E-state index in [9.17, 15) is 9.59 Å². The lowest BCUT2D eigenvalue weighted by Gasteiger charge is -2.27. The van der Waals surface area contributed by atoms with Crippen molar-refractivity contribution in [2.45, 2.75) is 45.4 Å². The van der Waals surface area contributed by atoms with Crippen molar-refractivity contribution in [2.75, 3.05) is 19.0 Å². The van der Waals surface area contributed by atoms with Gasteiger partial charge >= 0.3 is 0 Å². The van der Waals surface area contributed by atoms with Crippen LogP contribution in [0.25, 0.3) is 22.0 Å². The number of benzene rings is 2. The Morgan fingerprint density at radius 2 is 1.85 bits per heavy atom. The van der Waals surface area contributed by atoms with Gasteiger partial charge in [-0.2, -0.15) is 5.10 Å². The average Bonchev–Trinajstić information content (AvgIpc) is 3.45. The zero-order chi connectivity index (χ0) is 28.1. The zero-order valence-electron chi connectivity index (χ0n) is 23.2. The zero-order valence-corrected chi connectivity index (χ0v) is 23.2. The van der Waals surface area contributed by atoms with E-state index in [1.807, 2.05) is 61.5 Å². The summed E-state index contributed by atoms with van der Waals surface area (Å²) in [6, 6.07) is 17.7. The van der Waals surface area contributed by atoms with Crippen molar-refractivity contribution in [3.63, 3.8) is 0 Å². The molecule has 1 amide bonds. The summed E-state index contributed by atoms with van der Waals surface area (Å²) in [5, 5.41) is 11.0. The van der Waals surface area contributed by atoms with Crippen LogP contribution in [0, 0.1) is 24.7 Å². The molecule has 0 unspecified atom stereocenters. The molecule has 8 nitrogen and oxygen atoms in total. The number of aromatic nitrogens is 3. The maximum Gasteiger partial charge on any atom is 0.228 e. The lowest BCUT2D eigenvalue weighted by molar-refractivity contribution is -0.129. The number of hydrogen-bond donors (Lipinski definition) is 3. The molecule has 4 N–H and O–H groups in total. The van der Waals surface area contributed by atoms with Gasteiger partial charge in [0.05, 0.1) is 18.8 Å². The standard InChI is InChI=1S/C32H37N5O3/c1-20-28(13-14-31(35-20)40-2)23-7-3-21(4-8-23)15-26(16-30(38)24-9-5-22(18-33)6-10-24)32(39)36-27-12-11-25-19-34-37-29(25)17-27/h3-4,7-8,11-14,17,19,22,24,26H,5-6,9-10,15-16,18,33H2,1-2H3,(H,34,37)(H,36,39)/t22?,24?,26-/m1/s1. The Balaban J connectivity index is 1.33. The summed E-state index contributed by atoms with van der Waals surface area (Å²) in [6.45, 7) is 2.63. The van der Waals surface area contributed by atoms with Gasteiger partial charge in [0.2, 0.25) is 11.8 Å². The number of carbonyl (C=O) groups is 2. The molecule has 208 valence electrons. The average molecular weight is 540 g/mol. The highest BCUT2D eigenvalue weighted by Crippen LogP contribution is 2.31. The Kier molecular flexibility index (Phi) is 8.55. The van der Waals surface area contributed by atoms with Crippen molar-refractivity contribution < 1.29 is 14.3 Å². The number of hydrogen-bond acceptors (Lipinski definition) is 6. The molecular weight excluding hydrogens is 502 g/mol. The molecule has 2 aromatic carbocycles. The highest BCUT2D eigenvalue weighted by atomic mass is 16.5. The molecule has 2 heterocycles. The quantitative estimate of drug-likeness (QED) is 0.246. The lowest BCUT2D eigenvalue weighted by atomic mass is 9.77. The minimum absolute atomic E-state index is 0.00682. The number of carbonyl (C=O) groups excluding carboxylic acids is 2. The second-order valence-corrected chi connectivity index (χ2v) is 10.9. The van der Waals surface area contributed by atoms with Gasteiger partial charge in [0.25, 0.3) is 0 Å². The van der Waals surface area contributed by atoms with Crippen LogP contribution in [-0.2, 0) is 16.0 Å². The van der Waals surface area contributed by atoms with Gasteiger partial charge in [-0.25, -0.2) is 4.98 Å². The summed E-state index contributed by atoms with van der Waals surface area (Å²) < 4.78 is 5.23. The van der Waals surface area contributed by atoms with E-state index in [4.69, 9.17) is 10.5 Å². The van der Waals surface area contributed by atoms with Gasteiger partial charge in [-0.1, -0.05) is 24.3 Å². The first-order valence-corrected chi connectivity index (χ1v) is 14.0. The first kappa shape index (κ1) is 27.5. The van der Waals surface area contributed by atoms with Crippen molar-refractivity contribution in [2.24, 2.45) is 23.5 Å². The van der Waals surface area contributed by atoms with Crippen molar-refractivity contribution in [1.82, 2.24) is 15.2 Å². The van der Waals surface area contributed by atoms with Gasteiger partial charge in [0.15, 0.2) is 0 Å². The molecule has 1 aliphatic rings. The third kappa shape index (κ3) is 6.39. The number of aromatic amines is 1. The van der Waals surface area contributed by atoms with Crippen molar-refractivity contribution in [1.29, 1.82) is 0 Å². The highest BCUT2D eigenvalue weighted by Gasteiger charge is 2.30. The summed E-state index contributed by atoms with van der Waals surface area (Å²) in [5.74, 6) is 0.640. The maximum atomic E-state index is 13.6. The van der Waals surface area contributed by atoms with E-state index in [2.05, 4.69) is 20.5 Å². The third-order valence-electron chi connectivity index (χ3n) is 8.18. The Hall–Kier alpha value is -4.04. The summed E-state index contributed by atoms with van der Waals surface area (Å²) in [4.78, 5) is 31.4. The summed E-state index contributed by atoms with van der Waals surface area (Å²) in [5.41, 5.74) is 11.3. The van der Waals surface area contributed by atoms with Crippen LogP contribution in [0.4, 0.5) is 5.69 Å². The van der Waals surface area contributed by atoms with E-state index in [0.717, 1.165) is 59.0 Å². The van der Waals surface area contributed by atoms with Crippen LogP contribution < -0.4 is 15.8 Å². The lowest BCUT2D eigenvalue weighted by Crippen LogP contribution is -2.31. The number of aryl methyl sites for hydroxylation is 1. The fraction of sp³-hybridized carbons (Fsp3) is 0.375. The monoisotopic (exact) mass is 539 g/mol. The molecule has 8 heteroatoms. The van der Waals surface area contributed by atoms with Crippen LogP contribution in [0.3, 0.4) is 0 Å². The van der Waals surface area contributed by atoms with E-state index in [0.29, 0.717) is 30.5 Å². The molecule has 0 saturated heterocycles. The van der Waals surface area contributed by atoms with Gasteiger partial charge in [-0.05, 0) is 86.9 Å². The van der Waals surface area contributed by atoms with Gasteiger partial charge < -0.3 is 15.8 Å². The van der Waals surface area contributed by atoms with Crippen LogP contribution in [-0.4, -0.2) is 40.5 Å². The number of rotatable bonds is 10. The first-order chi connectivity index (χ1) is 19.4. The number of anilines is 1. The summed E-state index contributed by atoms with van der Waals surface area (Å²) in [7, 11) is 1.61. The van der Waals surface area contributed by atoms with E-state index in [-0.39, 0.29) is 24.0 Å². The number of nitrogens with one attached hydrogen (secondary N) is 2. The molecule has 5 rings (SSSR count). The number of amides is 1. The molecule has 1 fully saturated rings. The number of fused-ring (bicyclic) bond motifs is 1. The van der Waals surface area contributed by atoms with Gasteiger partial charge in [0.1, 0.15) is 5.78 Å². The smallest absolute Gasteiger partial charge is 0.228 e. The topological polar surface area (TPSA) is 123 Å². The molecule has 1 aliphatic carbocycles. The fourth-order valence-electron chi connectivity index (χ4n) is 5.71. The molecule has 0 aliphatic heterocycles. The van der Waals surface area contributed by atoms with Crippen molar-refractivity contribution in [3.05, 3.63) is 72.1 Å². The number of pyridine rings is 1. The first-order valence-electron chi connectivity index (χ1n) is 14.0. The van der Waals surface area contributed by atoms with Crippen LogP contribution >= 0.6 is 0 Å². The molecule has 0 bridgehead atoms. The van der Waals surface area contributed by atoms with Crippen LogP contribution in [0.1, 0.15) is 43.4 Å².